The minimum Gasteiger partial charge on any atom is -0.366 e. The number of morpholine rings is 1. The lowest BCUT2D eigenvalue weighted by Gasteiger charge is -2.23. The topological polar surface area (TPSA) is 68.2 Å². The molecule has 1 aliphatic carbocycles. The van der Waals surface area contributed by atoms with E-state index in [0.29, 0.717) is 25.1 Å². The number of carbonyl (C=O) groups is 1. The number of hydrogen-bond donors (Lipinski definition) is 2. The van der Waals surface area contributed by atoms with Crippen molar-refractivity contribution >= 4 is 11.7 Å². The predicted octanol–water partition coefficient (Wildman–Crippen LogP) is 0.781. The number of amides is 1. The van der Waals surface area contributed by atoms with E-state index >= 15 is 0 Å². The fourth-order valence-electron chi connectivity index (χ4n) is 2.46. The highest BCUT2D eigenvalue weighted by molar-refractivity contribution is 5.93. The lowest BCUT2D eigenvalue weighted by atomic mass is 10.2. The van der Waals surface area contributed by atoms with Crippen molar-refractivity contribution in [1.29, 1.82) is 0 Å². The normalized spacial score (nSPS) is 25.0. The largest absolute Gasteiger partial charge is 0.366 e. The summed E-state index contributed by atoms with van der Waals surface area (Å²) < 4.78 is 7.35. The Labute approximate surface area is 112 Å². The molecule has 0 aromatic carbocycles. The molecule has 6 heteroatoms. The Hall–Kier alpha value is -1.40. The van der Waals surface area contributed by atoms with Gasteiger partial charge in [0.2, 0.25) is 0 Å². The summed E-state index contributed by atoms with van der Waals surface area (Å²) in [4.78, 5) is 12.1. The van der Waals surface area contributed by atoms with Gasteiger partial charge >= 0.3 is 0 Å². The molecule has 2 aliphatic rings. The smallest absolute Gasteiger partial charge is 0.255 e. The van der Waals surface area contributed by atoms with Crippen LogP contribution in [0.1, 0.15) is 25.8 Å². The number of carbonyl (C=O) groups excluding carboxylic acids is 1. The second-order valence-corrected chi connectivity index (χ2v) is 5.29. The van der Waals surface area contributed by atoms with Crippen LogP contribution in [0.25, 0.3) is 0 Å². The average Bonchev–Trinajstić information content (AvgIpc) is 3.19. The van der Waals surface area contributed by atoms with Gasteiger partial charge in [0, 0.05) is 19.2 Å². The van der Waals surface area contributed by atoms with E-state index in [9.17, 15) is 4.79 Å². The molecule has 2 fully saturated rings. The third-order valence-corrected chi connectivity index (χ3v) is 3.83. The number of hydrogen-bond acceptors (Lipinski definition) is 4. The molecule has 1 aliphatic heterocycles. The molecular formula is C13H20N4O2. The van der Waals surface area contributed by atoms with E-state index in [1.807, 2.05) is 10.7 Å². The summed E-state index contributed by atoms with van der Waals surface area (Å²) in [7, 11) is 0. The summed E-state index contributed by atoms with van der Waals surface area (Å²) >= 11 is 0. The number of ether oxygens (including phenoxy) is 1. The molecule has 2 atom stereocenters. The van der Waals surface area contributed by atoms with E-state index in [-0.39, 0.29) is 5.91 Å². The zero-order valence-corrected chi connectivity index (χ0v) is 11.1. The first kappa shape index (κ1) is 12.6. The highest BCUT2D eigenvalue weighted by atomic mass is 16.5. The SMILES string of the molecule is CC(C1CC1)n1nccc1NC(=O)C1CNCCO1. The van der Waals surface area contributed by atoms with Crippen molar-refractivity contribution in [2.24, 2.45) is 5.92 Å². The van der Waals surface area contributed by atoms with Crippen molar-refractivity contribution in [2.45, 2.75) is 31.9 Å². The summed E-state index contributed by atoms with van der Waals surface area (Å²) in [6, 6.07) is 2.18. The molecule has 19 heavy (non-hydrogen) atoms. The standard InChI is InChI=1S/C13H20N4O2/c1-9(10-2-3-10)17-12(4-5-15-17)16-13(18)11-8-14-6-7-19-11/h4-5,9-11,14H,2-3,6-8H2,1H3,(H,16,18). The van der Waals surface area contributed by atoms with Gasteiger partial charge < -0.3 is 15.4 Å². The van der Waals surface area contributed by atoms with Crippen LogP contribution in [0.15, 0.2) is 12.3 Å². The fourth-order valence-corrected chi connectivity index (χ4v) is 2.46. The number of anilines is 1. The van der Waals surface area contributed by atoms with Crippen LogP contribution in [0.5, 0.6) is 0 Å². The molecule has 2 N–H and O–H groups in total. The molecule has 2 unspecified atom stereocenters. The van der Waals surface area contributed by atoms with Gasteiger partial charge in [0.25, 0.3) is 5.91 Å². The maximum Gasteiger partial charge on any atom is 0.255 e. The first-order valence-corrected chi connectivity index (χ1v) is 6.92. The van der Waals surface area contributed by atoms with E-state index in [4.69, 9.17) is 4.74 Å². The predicted molar refractivity (Wildman–Crippen MR) is 70.9 cm³/mol. The van der Waals surface area contributed by atoms with Crippen molar-refractivity contribution in [3.8, 4) is 0 Å². The van der Waals surface area contributed by atoms with E-state index in [1.54, 1.807) is 6.20 Å². The summed E-state index contributed by atoms with van der Waals surface area (Å²) in [5.41, 5.74) is 0. The van der Waals surface area contributed by atoms with Gasteiger partial charge in [-0.2, -0.15) is 5.10 Å². The first-order valence-electron chi connectivity index (χ1n) is 6.92. The Morgan fingerprint density at radius 1 is 1.63 bits per heavy atom. The van der Waals surface area contributed by atoms with Crippen LogP contribution in [0, 0.1) is 5.92 Å². The summed E-state index contributed by atoms with van der Waals surface area (Å²) in [6.45, 7) is 4.10. The number of nitrogens with zero attached hydrogens (tertiary/aromatic N) is 2. The third kappa shape index (κ3) is 2.79. The van der Waals surface area contributed by atoms with Crippen LogP contribution in [0.4, 0.5) is 5.82 Å². The lowest BCUT2D eigenvalue weighted by Crippen LogP contribution is -2.45. The number of aromatic nitrogens is 2. The second kappa shape index (κ2) is 5.30. The van der Waals surface area contributed by atoms with E-state index in [0.717, 1.165) is 12.4 Å². The van der Waals surface area contributed by atoms with Gasteiger partial charge in [-0.3, -0.25) is 4.79 Å². The zero-order chi connectivity index (χ0) is 13.2. The van der Waals surface area contributed by atoms with Crippen molar-refractivity contribution in [3.05, 3.63) is 12.3 Å². The third-order valence-electron chi connectivity index (χ3n) is 3.83. The van der Waals surface area contributed by atoms with Gasteiger partial charge in [-0.15, -0.1) is 0 Å². The molecule has 1 saturated carbocycles. The maximum absolute atomic E-state index is 12.1. The average molecular weight is 264 g/mol. The molecule has 3 rings (SSSR count). The van der Waals surface area contributed by atoms with E-state index < -0.39 is 6.10 Å². The number of nitrogens with one attached hydrogen (secondary N) is 2. The molecule has 6 nitrogen and oxygen atoms in total. The molecule has 0 spiro atoms. The van der Waals surface area contributed by atoms with Crippen LogP contribution in [-0.4, -0.2) is 41.5 Å². The summed E-state index contributed by atoms with van der Waals surface area (Å²) in [5.74, 6) is 1.36. The van der Waals surface area contributed by atoms with Gasteiger partial charge in [-0.25, -0.2) is 4.68 Å². The van der Waals surface area contributed by atoms with Gasteiger partial charge in [0.05, 0.1) is 18.8 Å². The molecule has 104 valence electrons. The minimum absolute atomic E-state index is 0.100. The zero-order valence-electron chi connectivity index (χ0n) is 11.1. The Balaban J connectivity index is 1.65. The van der Waals surface area contributed by atoms with Gasteiger partial charge in [-0.1, -0.05) is 0 Å². The number of rotatable bonds is 4. The second-order valence-electron chi connectivity index (χ2n) is 5.29. The van der Waals surface area contributed by atoms with Crippen LogP contribution in [0.2, 0.25) is 0 Å². The van der Waals surface area contributed by atoms with Crippen LogP contribution < -0.4 is 10.6 Å². The van der Waals surface area contributed by atoms with E-state index in [2.05, 4.69) is 22.7 Å². The van der Waals surface area contributed by atoms with Crippen molar-refractivity contribution in [3.63, 3.8) is 0 Å². The molecule has 1 amide bonds. The Morgan fingerprint density at radius 3 is 3.16 bits per heavy atom. The Kier molecular flexibility index (Phi) is 3.52. The molecule has 2 heterocycles. The highest BCUT2D eigenvalue weighted by Crippen LogP contribution is 2.40. The van der Waals surface area contributed by atoms with Crippen LogP contribution >= 0.6 is 0 Å². The van der Waals surface area contributed by atoms with Crippen LogP contribution in [-0.2, 0) is 9.53 Å². The van der Waals surface area contributed by atoms with Crippen molar-refractivity contribution in [2.75, 3.05) is 25.0 Å². The minimum atomic E-state index is -0.409. The highest BCUT2D eigenvalue weighted by Gasteiger charge is 2.31. The van der Waals surface area contributed by atoms with Gasteiger partial charge in [0.1, 0.15) is 11.9 Å². The monoisotopic (exact) mass is 264 g/mol. The fraction of sp³-hybridized carbons (Fsp3) is 0.692. The lowest BCUT2D eigenvalue weighted by molar-refractivity contribution is -0.128. The van der Waals surface area contributed by atoms with Gasteiger partial charge in [-0.05, 0) is 25.7 Å². The van der Waals surface area contributed by atoms with Crippen molar-refractivity contribution in [1.82, 2.24) is 15.1 Å². The van der Waals surface area contributed by atoms with E-state index in [1.165, 1.54) is 12.8 Å². The molecule has 1 aromatic rings. The summed E-state index contributed by atoms with van der Waals surface area (Å²) in [5, 5.41) is 10.4. The Morgan fingerprint density at radius 2 is 2.47 bits per heavy atom. The maximum atomic E-state index is 12.1. The molecule has 1 saturated heterocycles. The summed E-state index contributed by atoms with van der Waals surface area (Å²) in [6.07, 6.45) is 3.83. The van der Waals surface area contributed by atoms with Crippen LogP contribution in [0.3, 0.4) is 0 Å². The van der Waals surface area contributed by atoms with Gasteiger partial charge in [0.15, 0.2) is 0 Å². The first-order chi connectivity index (χ1) is 9.25. The molecule has 0 radical (unpaired) electrons. The molecular weight excluding hydrogens is 244 g/mol. The Bertz CT molecular complexity index is 449. The molecule has 0 bridgehead atoms. The van der Waals surface area contributed by atoms with Crippen molar-refractivity contribution < 1.29 is 9.53 Å². The quantitative estimate of drug-likeness (QED) is 0.843. The molecule has 1 aromatic heterocycles.